The lowest BCUT2D eigenvalue weighted by molar-refractivity contribution is -0.120. The van der Waals surface area contributed by atoms with E-state index >= 15 is 0 Å². The second kappa shape index (κ2) is 5.36. The molecule has 16 heavy (non-hydrogen) atoms. The van der Waals surface area contributed by atoms with E-state index in [-0.39, 0.29) is 11.8 Å². The third-order valence-corrected chi connectivity index (χ3v) is 3.69. The minimum absolute atomic E-state index is 0.0836. The van der Waals surface area contributed by atoms with Crippen LogP contribution in [0.3, 0.4) is 0 Å². The van der Waals surface area contributed by atoms with Crippen LogP contribution in [0, 0.1) is 5.92 Å². The second-order valence-corrected chi connectivity index (χ2v) is 4.93. The van der Waals surface area contributed by atoms with E-state index < -0.39 is 0 Å². The maximum absolute atomic E-state index is 11.9. The van der Waals surface area contributed by atoms with Gasteiger partial charge in [0.1, 0.15) is 5.01 Å². The van der Waals surface area contributed by atoms with E-state index in [9.17, 15) is 4.79 Å². The Bertz CT molecular complexity index is 359. The Balaban J connectivity index is 1.90. The van der Waals surface area contributed by atoms with Gasteiger partial charge < -0.3 is 10.6 Å². The summed E-state index contributed by atoms with van der Waals surface area (Å²) in [6.45, 7) is 3.88. The molecule has 1 aliphatic heterocycles. The van der Waals surface area contributed by atoms with Crippen molar-refractivity contribution in [3.05, 3.63) is 5.01 Å². The average molecular weight is 240 g/mol. The van der Waals surface area contributed by atoms with Crippen molar-refractivity contribution < 1.29 is 4.79 Å². The fourth-order valence-electron chi connectivity index (χ4n) is 1.74. The maximum Gasteiger partial charge on any atom is 0.229 e. The number of aromatic nitrogens is 2. The van der Waals surface area contributed by atoms with Crippen molar-refractivity contribution in [2.45, 2.75) is 26.2 Å². The summed E-state index contributed by atoms with van der Waals surface area (Å²) in [5.41, 5.74) is 0. The number of amides is 1. The van der Waals surface area contributed by atoms with Gasteiger partial charge in [0.15, 0.2) is 0 Å². The SMILES string of the molecule is CCc1nnc(NC(=O)C2CCNCC2)s1. The van der Waals surface area contributed by atoms with Gasteiger partial charge in [-0.3, -0.25) is 4.79 Å². The molecule has 1 aromatic heterocycles. The summed E-state index contributed by atoms with van der Waals surface area (Å²) in [5, 5.41) is 15.6. The van der Waals surface area contributed by atoms with Crippen LogP contribution in [-0.2, 0) is 11.2 Å². The van der Waals surface area contributed by atoms with Crippen LogP contribution in [0.5, 0.6) is 0 Å². The summed E-state index contributed by atoms with van der Waals surface area (Å²) in [4.78, 5) is 11.9. The minimum atomic E-state index is 0.0836. The summed E-state index contributed by atoms with van der Waals surface area (Å²) < 4.78 is 0. The van der Waals surface area contributed by atoms with Crippen LogP contribution in [0.2, 0.25) is 0 Å². The Kier molecular flexibility index (Phi) is 3.84. The Morgan fingerprint density at radius 1 is 1.50 bits per heavy atom. The van der Waals surface area contributed by atoms with Crippen LogP contribution in [0.4, 0.5) is 5.13 Å². The number of nitrogens with zero attached hydrogens (tertiary/aromatic N) is 2. The van der Waals surface area contributed by atoms with Gasteiger partial charge in [-0.05, 0) is 32.4 Å². The number of nitrogens with one attached hydrogen (secondary N) is 2. The predicted octanol–water partition coefficient (Wildman–Crippen LogP) is 1.04. The lowest BCUT2D eigenvalue weighted by Gasteiger charge is -2.20. The molecule has 88 valence electrons. The quantitative estimate of drug-likeness (QED) is 0.828. The average Bonchev–Trinajstić information content (AvgIpc) is 2.78. The third kappa shape index (κ3) is 2.76. The summed E-state index contributed by atoms with van der Waals surface area (Å²) in [6, 6.07) is 0. The summed E-state index contributed by atoms with van der Waals surface area (Å²) >= 11 is 1.46. The van der Waals surface area contributed by atoms with E-state index in [4.69, 9.17) is 0 Å². The van der Waals surface area contributed by atoms with Gasteiger partial charge in [0.25, 0.3) is 0 Å². The van der Waals surface area contributed by atoms with Crippen LogP contribution >= 0.6 is 11.3 Å². The summed E-state index contributed by atoms with van der Waals surface area (Å²) in [5.74, 6) is 0.204. The van der Waals surface area contributed by atoms with Crippen LogP contribution in [-0.4, -0.2) is 29.2 Å². The van der Waals surface area contributed by atoms with E-state index in [2.05, 4.69) is 20.8 Å². The van der Waals surface area contributed by atoms with Crippen molar-refractivity contribution in [2.75, 3.05) is 18.4 Å². The minimum Gasteiger partial charge on any atom is -0.317 e. The molecule has 0 unspecified atom stereocenters. The largest absolute Gasteiger partial charge is 0.317 e. The Labute approximate surface area is 98.7 Å². The molecule has 2 N–H and O–H groups in total. The first-order chi connectivity index (χ1) is 7.79. The van der Waals surface area contributed by atoms with Crippen molar-refractivity contribution >= 4 is 22.4 Å². The molecule has 1 aliphatic rings. The Morgan fingerprint density at radius 3 is 2.88 bits per heavy atom. The Morgan fingerprint density at radius 2 is 2.25 bits per heavy atom. The van der Waals surface area contributed by atoms with Crippen molar-refractivity contribution in [1.82, 2.24) is 15.5 Å². The normalized spacial score (nSPS) is 17.3. The molecule has 0 atom stereocenters. The van der Waals surface area contributed by atoms with Gasteiger partial charge in [-0.25, -0.2) is 0 Å². The number of hydrogen-bond donors (Lipinski definition) is 2. The first-order valence-corrected chi connectivity index (χ1v) is 6.45. The van der Waals surface area contributed by atoms with Crippen LogP contribution in [0.25, 0.3) is 0 Å². The van der Waals surface area contributed by atoms with Crippen molar-refractivity contribution in [3.8, 4) is 0 Å². The van der Waals surface area contributed by atoms with E-state index in [0.717, 1.165) is 37.4 Å². The zero-order valence-corrected chi connectivity index (χ0v) is 10.1. The van der Waals surface area contributed by atoms with Gasteiger partial charge in [0.2, 0.25) is 11.0 Å². The van der Waals surface area contributed by atoms with Crippen LogP contribution in [0.1, 0.15) is 24.8 Å². The number of anilines is 1. The number of carbonyl (C=O) groups excluding carboxylic acids is 1. The zero-order valence-electron chi connectivity index (χ0n) is 9.32. The van der Waals surface area contributed by atoms with Gasteiger partial charge in [0.05, 0.1) is 0 Å². The van der Waals surface area contributed by atoms with E-state index in [1.165, 1.54) is 11.3 Å². The fourth-order valence-corrected chi connectivity index (χ4v) is 2.42. The maximum atomic E-state index is 11.9. The third-order valence-electron chi connectivity index (χ3n) is 2.71. The van der Waals surface area contributed by atoms with Crippen LogP contribution < -0.4 is 10.6 Å². The molecule has 2 rings (SSSR count). The molecule has 1 amide bonds. The molecule has 6 heteroatoms. The van der Waals surface area contributed by atoms with Gasteiger partial charge in [0, 0.05) is 5.92 Å². The second-order valence-electron chi connectivity index (χ2n) is 3.87. The highest BCUT2D eigenvalue weighted by atomic mass is 32.1. The number of piperidine rings is 1. The predicted molar refractivity (Wildman–Crippen MR) is 63.5 cm³/mol. The van der Waals surface area contributed by atoms with Gasteiger partial charge >= 0.3 is 0 Å². The standard InChI is InChI=1S/C10H16N4OS/c1-2-8-13-14-10(16-8)12-9(15)7-3-5-11-6-4-7/h7,11H,2-6H2,1H3,(H,12,14,15). The molecular formula is C10H16N4OS. The molecule has 1 saturated heterocycles. The molecule has 2 heterocycles. The van der Waals surface area contributed by atoms with Crippen molar-refractivity contribution in [3.63, 3.8) is 0 Å². The molecule has 0 spiro atoms. The summed E-state index contributed by atoms with van der Waals surface area (Å²) in [6.07, 6.45) is 2.68. The van der Waals surface area contributed by atoms with Gasteiger partial charge in [-0.15, -0.1) is 10.2 Å². The van der Waals surface area contributed by atoms with E-state index in [0.29, 0.717) is 5.13 Å². The topological polar surface area (TPSA) is 66.9 Å². The van der Waals surface area contributed by atoms with Crippen molar-refractivity contribution in [1.29, 1.82) is 0 Å². The van der Waals surface area contributed by atoms with Crippen molar-refractivity contribution in [2.24, 2.45) is 5.92 Å². The van der Waals surface area contributed by atoms with E-state index in [1.807, 2.05) is 6.92 Å². The smallest absolute Gasteiger partial charge is 0.229 e. The van der Waals surface area contributed by atoms with Gasteiger partial charge in [-0.1, -0.05) is 18.3 Å². The number of hydrogen-bond acceptors (Lipinski definition) is 5. The zero-order chi connectivity index (χ0) is 11.4. The Hall–Kier alpha value is -1.01. The molecular weight excluding hydrogens is 224 g/mol. The first kappa shape index (κ1) is 11.5. The number of aryl methyl sites for hydroxylation is 1. The van der Waals surface area contributed by atoms with Gasteiger partial charge in [-0.2, -0.15) is 0 Å². The molecule has 0 radical (unpaired) electrons. The first-order valence-electron chi connectivity index (χ1n) is 5.63. The summed E-state index contributed by atoms with van der Waals surface area (Å²) in [7, 11) is 0. The molecule has 0 bridgehead atoms. The molecule has 1 fully saturated rings. The molecule has 0 aromatic carbocycles. The number of rotatable bonds is 3. The highest BCUT2D eigenvalue weighted by molar-refractivity contribution is 7.15. The molecule has 0 aliphatic carbocycles. The monoisotopic (exact) mass is 240 g/mol. The highest BCUT2D eigenvalue weighted by Crippen LogP contribution is 2.18. The molecule has 5 nitrogen and oxygen atoms in total. The molecule has 0 saturated carbocycles. The fraction of sp³-hybridized carbons (Fsp3) is 0.700. The lowest BCUT2D eigenvalue weighted by atomic mass is 9.97. The van der Waals surface area contributed by atoms with E-state index in [1.54, 1.807) is 0 Å². The highest BCUT2D eigenvalue weighted by Gasteiger charge is 2.21. The number of carbonyl (C=O) groups is 1. The van der Waals surface area contributed by atoms with Crippen LogP contribution in [0.15, 0.2) is 0 Å². The molecule has 1 aromatic rings. The lowest BCUT2D eigenvalue weighted by Crippen LogP contribution is -2.34.